The van der Waals surface area contributed by atoms with Crippen molar-refractivity contribution in [3.05, 3.63) is 56.7 Å². The molecule has 0 aromatic heterocycles. The summed E-state index contributed by atoms with van der Waals surface area (Å²) in [6, 6.07) is 10.2. The number of ether oxygens (including phenoxy) is 1. The largest absolute Gasteiger partial charge is 0.485 e. The van der Waals surface area contributed by atoms with E-state index >= 15 is 0 Å². The molecule has 2 aromatic rings. The monoisotopic (exact) mass is 373 g/mol. The Morgan fingerprint density at radius 3 is 2.61 bits per heavy atom. The van der Waals surface area contributed by atoms with Gasteiger partial charge in [0, 0.05) is 10.0 Å². The minimum Gasteiger partial charge on any atom is -0.485 e. The standard InChI is InChI=1S/C13H10Br2FNO/c14-9-5-4-8(11(16)6-9)7-18-13-10(15)2-1-3-12(13)17/h1-6H,7,17H2. The number of halogens is 3. The second-order valence-corrected chi connectivity index (χ2v) is 5.45. The molecule has 0 unspecified atom stereocenters. The van der Waals surface area contributed by atoms with Crippen LogP contribution in [0.15, 0.2) is 45.3 Å². The summed E-state index contributed by atoms with van der Waals surface area (Å²) < 4.78 is 20.6. The quantitative estimate of drug-likeness (QED) is 0.802. The molecule has 0 spiro atoms. The molecule has 94 valence electrons. The van der Waals surface area contributed by atoms with E-state index in [1.807, 2.05) is 12.1 Å². The van der Waals surface area contributed by atoms with E-state index in [1.165, 1.54) is 6.07 Å². The van der Waals surface area contributed by atoms with Crippen LogP contribution in [0.1, 0.15) is 5.56 Å². The summed E-state index contributed by atoms with van der Waals surface area (Å²) in [7, 11) is 0. The molecule has 0 heterocycles. The molecular formula is C13H10Br2FNO. The number of hydrogen-bond donors (Lipinski definition) is 1. The van der Waals surface area contributed by atoms with Gasteiger partial charge in [0.05, 0.1) is 10.2 Å². The fourth-order valence-electron chi connectivity index (χ4n) is 1.47. The normalized spacial score (nSPS) is 10.4. The van der Waals surface area contributed by atoms with Crippen molar-refractivity contribution in [1.82, 2.24) is 0 Å². The highest BCUT2D eigenvalue weighted by molar-refractivity contribution is 9.10. The second kappa shape index (κ2) is 5.71. The Kier molecular flexibility index (Phi) is 4.24. The zero-order valence-corrected chi connectivity index (χ0v) is 12.5. The molecule has 2 rings (SSSR count). The number of benzene rings is 2. The summed E-state index contributed by atoms with van der Waals surface area (Å²) >= 11 is 6.55. The first-order chi connectivity index (χ1) is 8.58. The van der Waals surface area contributed by atoms with Crippen LogP contribution in [0.3, 0.4) is 0 Å². The summed E-state index contributed by atoms with van der Waals surface area (Å²) in [6.45, 7) is 0.131. The maximum absolute atomic E-state index is 13.6. The van der Waals surface area contributed by atoms with Gasteiger partial charge in [-0.2, -0.15) is 0 Å². The smallest absolute Gasteiger partial charge is 0.156 e. The molecule has 0 aliphatic heterocycles. The highest BCUT2D eigenvalue weighted by atomic mass is 79.9. The first kappa shape index (κ1) is 13.4. The van der Waals surface area contributed by atoms with Gasteiger partial charge < -0.3 is 10.5 Å². The Morgan fingerprint density at radius 1 is 1.17 bits per heavy atom. The number of rotatable bonds is 3. The van der Waals surface area contributed by atoms with Gasteiger partial charge in [0.2, 0.25) is 0 Å². The Balaban J connectivity index is 2.16. The predicted molar refractivity (Wildman–Crippen MR) is 77.0 cm³/mol. The van der Waals surface area contributed by atoms with Crippen LogP contribution in [-0.4, -0.2) is 0 Å². The zero-order valence-electron chi connectivity index (χ0n) is 9.29. The van der Waals surface area contributed by atoms with Gasteiger partial charge in [-0.05, 0) is 40.2 Å². The molecule has 2 nitrogen and oxygen atoms in total. The van der Waals surface area contributed by atoms with E-state index in [1.54, 1.807) is 18.2 Å². The van der Waals surface area contributed by atoms with Crippen LogP contribution in [0.5, 0.6) is 5.75 Å². The third-order valence-electron chi connectivity index (χ3n) is 2.38. The molecule has 0 radical (unpaired) electrons. The Bertz CT molecular complexity index is 555. The SMILES string of the molecule is Nc1cccc(Br)c1OCc1ccc(Br)cc1F. The summed E-state index contributed by atoms with van der Waals surface area (Å²) in [5.74, 6) is 0.217. The van der Waals surface area contributed by atoms with Crippen LogP contribution in [0, 0.1) is 5.82 Å². The average Bonchev–Trinajstić information content (AvgIpc) is 2.31. The molecular weight excluding hydrogens is 365 g/mol. The summed E-state index contributed by atoms with van der Waals surface area (Å²) in [6.07, 6.45) is 0. The van der Waals surface area contributed by atoms with Crippen molar-refractivity contribution in [2.75, 3.05) is 5.73 Å². The van der Waals surface area contributed by atoms with Crippen LogP contribution in [0.25, 0.3) is 0 Å². The Labute approximate surface area is 121 Å². The van der Waals surface area contributed by atoms with Gasteiger partial charge in [-0.1, -0.05) is 28.1 Å². The molecule has 0 aliphatic rings. The van der Waals surface area contributed by atoms with Crippen molar-refractivity contribution in [3.8, 4) is 5.75 Å². The highest BCUT2D eigenvalue weighted by Crippen LogP contribution is 2.31. The molecule has 0 bridgehead atoms. The number of para-hydroxylation sites is 1. The average molecular weight is 375 g/mol. The zero-order chi connectivity index (χ0) is 13.1. The van der Waals surface area contributed by atoms with Crippen molar-refractivity contribution >= 4 is 37.5 Å². The summed E-state index contributed by atoms with van der Waals surface area (Å²) in [4.78, 5) is 0. The maximum atomic E-state index is 13.6. The molecule has 0 amide bonds. The molecule has 0 saturated heterocycles. The molecule has 18 heavy (non-hydrogen) atoms. The number of nitrogens with two attached hydrogens (primary N) is 1. The fourth-order valence-corrected chi connectivity index (χ4v) is 2.30. The van der Waals surface area contributed by atoms with Crippen molar-refractivity contribution in [2.45, 2.75) is 6.61 Å². The topological polar surface area (TPSA) is 35.2 Å². The number of nitrogen functional groups attached to an aromatic ring is 1. The lowest BCUT2D eigenvalue weighted by molar-refractivity contribution is 0.299. The molecule has 5 heteroatoms. The number of anilines is 1. The van der Waals surface area contributed by atoms with Crippen LogP contribution < -0.4 is 10.5 Å². The van der Waals surface area contributed by atoms with E-state index in [4.69, 9.17) is 10.5 Å². The van der Waals surface area contributed by atoms with Gasteiger partial charge in [-0.3, -0.25) is 0 Å². The lowest BCUT2D eigenvalue weighted by Gasteiger charge is -2.11. The lowest BCUT2D eigenvalue weighted by atomic mass is 10.2. The maximum Gasteiger partial charge on any atom is 0.156 e. The lowest BCUT2D eigenvalue weighted by Crippen LogP contribution is -2.01. The number of hydrogen-bond acceptors (Lipinski definition) is 2. The third-order valence-corrected chi connectivity index (χ3v) is 3.50. The van der Waals surface area contributed by atoms with E-state index in [9.17, 15) is 4.39 Å². The molecule has 0 atom stereocenters. The van der Waals surface area contributed by atoms with E-state index in [-0.39, 0.29) is 12.4 Å². The summed E-state index contributed by atoms with van der Waals surface area (Å²) in [5.41, 5.74) is 6.79. The second-order valence-electron chi connectivity index (χ2n) is 3.68. The van der Waals surface area contributed by atoms with Gasteiger partial charge >= 0.3 is 0 Å². The fraction of sp³-hybridized carbons (Fsp3) is 0.0769. The van der Waals surface area contributed by atoms with Gasteiger partial charge in [-0.25, -0.2) is 4.39 Å². The Hall–Kier alpha value is -1.07. The van der Waals surface area contributed by atoms with E-state index in [0.29, 0.717) is 21.5 Å². The highest BCUT2D eigenvalue weighted by Gasteiger charge is 2.08. The molecule has 0 fully saturated rings. The molecule has 0 aliphatic carbocycles. The minimum absolute atomic E-state index is 0.131. The van der Waals surface area contributed by atoms with Gasteiger partial charge in [0.15, 0.2) is 5.75 Å². The first-order valence-corrected chi connectivity index (χ1v) is 6.77. The van der Waals surface area contributed by atoms with E-state index in [2.05, 4.69) is 31.9 Å². The Morgan fingerprint density at radius 2 is 1.94 bits per heavy atom. The van der Waals surface area contributed by atoms with Crippen molar-refractivity contribution in [3.63, 3.8) is 0 Å². The van der Waals surface area contributed by atoms with Crippen LogP contribution >= 0.6 is 31.9 Å². The van der Waals surface area contributed by atoms with Gasteiger partial charge in [-0.15, -0.1) is 0 Å². The van der Waals surface area contributed by atoms with Crippen molar-refractivity contribution in [1.29, 1.82) is 0 Å². The van der Waals surface area contributed by atoms with Crippen LogP contribution in [0.4, 0.5) is 10.1 Å². The molecule has 2 aromatic carbocycles. The molecule has 0 saturated carbocycles. The van der Waals surface area contributed by atoms with Gasteiger partial charge in [0.1, 0.15) is 12.4 Å². The first-order valence-electron chi connectivity index (χ1n) is 5.18. The van der Waals surface area contributed by atoms with E-state index < -0.39 is 0 Å². The van der Waals surface area contributed by atoms with E-state index in [0.717, 1.165) is 4.47 Å². The minimum atomic E-state index is -0.310. The predicted octanol–water partition coefficient (Wildman–Crippen LogP) is 4.51. The van der Waals surface area contributed by atoms with Crippen molar-refractivity contribution < 1.29 is 9.13 Å². The van der Waals surface area contributed by atoms with Crippen LogP contribution in [-0.2, 0) is 6.61 Å². The van der Waals surface area contributed by atoms with Gasteiger partial charge in [0.25, 0.3) is 0 Å². The van der Waals surface area contributed by atoms with Crippen LogP contribution in [0.2, 0.25) is 0 Å². The summed E-state index contributed by atoms with van der Waals surface area (Å²) in [5, 5.41) is 0. The third kappa shape index (κ3) is 3.03. The van der Waals surface area contributed by atoms with Crippen molar-refractivity contribution in [2.24, 2.45) is 0 Å². The molecule has 2 N–H and O–H groups in total.